The first-order chi connectivity index (χ1) is 18.0. The number of benzene rings is 2. The maximum Gasteiger partial charge on any atom is 0.260 e. The van der Waals surface area contributed by atoms with E-state index in [-0.39, 0.29) is 28.7 Å². The number of aromatic nitrogens is 1. The van der Waals surface area contributed by atoms with Gasteiger partial charge in [0.1, 0.15) is 0 Å². The molecule has 3 aromatic rings. The van der Waals surface area contributed by atoms with Crippen molar-refractivity contribution in [2.45, 2.75) is 65.4 Å². The molecule has 1 fully saturated rings. The molecule has 4 rings (SSSR count). The smallest absolute Gasteiger partial charge is 0.260 e. The monoisotopic (exact) mass is 557 g/mol. The van der Waals surface area contributed by atoms with Crippen LogP contribution in [0.5, 0.6) is 0 Å². The van der Waals surface area contributed by atoms with Gasteiger partial charge < -0.3 is 4.74 Å². The van der Waals surface area contributed by atoms with Crippen molar-refractivity contribution >= 4 is 42.6 Å². The van der Waals surface area contributed by atoms with E-state index in [1.807, 2.05) is 34.6 Å². The normalized spacial score (nSPS) is 16.3. The van der Waals surface area contributed by atoms with Gasteiger partial charge in [0, 0.05) is 25.3 Å². The summed E-state index contributed by atoms with van der Waals surface area (Å²) in [6.45, 7) is 14.1. The molecule has 206 valence electrons. The van der Waals surface area contributed by atoms with Gasteiger partial charge in [0.2, 0.25) is 10.0 Å². The molecule has 0 radical (unpaired) electrons. The topological polar surface area (TPSA) is 79.8 Å². The number of rotatable bonds is 10. The van der Waals surface area contributed by atoms with Gasteiger partial charge in [0.05, 0.1) is 27.8 Å². The number of hydrogen-bond acceptors (Lipinski definition) is 6. The molecule has 1 aliphatic rings. The van der Waals surface area contributed by atoms with E-state index < -0.39 is 10.0 Å². The Labute approximate surface area is 230 Å². The summed E-state index contributed by atoms with van der Waals surface area (Å²) in [5, 5.41) is 0.634. The Morgan fingerprint density at radius 1 is 1.03 bits per heavy atom. The molecule has 1 unspecified atom stereocenters. The minimum absolute atomic E-state index is 0.0477. The molecule has 0 saturated carbocycles. The van der Waals surface area contributed by atoms with Crippen LogP contribution in [0.2, 0.25) is 0 Å². The maximum absolute atomic E-state index is 13.8. The fourth-order valence-corrected chi connectivity index (χ4v) is 7.65. The van der Waals surface area contributed by atoms with Gasteiger partial charge in [0.25, 0.3) is 5.91 Å². The minimum Gasteiger partial charge on any atom is -0.376 e. The van der Waals surface area contributed by atoms with Gasteiger partial charge in [0.15, 0.2) is 5.13 Å². The van der Waals surface area contributed by atoms with Gasteiger partial charge in [-0.15, -0.1) is 0 Å². The van der Waals surface area contributed by atoms with Crippen molar-refractivity contribution in [2.75, 3.05) is 31.1 Å². The van der Waals surface area contributed by atoms with Gasteiger partial charge in [-0.2, -0.15) is 4.31 Å². The largest absolute Gasteiger partial charge is 0.376 e. The third-order valence-corrected chi connectivity index (χ3v) is 9.75. The average Bonchev–Trinajstić information content (AvgIpc) is 3.54. The van der Waals surface area contributed by atoms with Crippen LogP contribution in [0.3, 0.4) is 0 Å². The van der Waals surface area contributed by atoms with Crippen LogP contribution in [0.25, 0.3) is 10.2 Å². The van der Waals surface area contributed by atoms with Crippen molar-refractivity contribution in [1.82, 2.24) is 9.29 Å². The predicted molar refractivity (Wildman–Crippen MR) is 155 cm³/mol. The van der Waals surface area contributed by atoms with Crippen LogP contribution < -0.4 is 4.90 Å². The Kier molecular flexibility index (Phi) is 8.92. The molecule has 1 saturated heterocycles. The lowest BCUT2D eigenvalue weighted by molar-refractivity contribution is 0.0917. The highest BCUT2D eigenvalue weighted by Crippen LogP contribution is 2.34. The van der Waals surface area contributed by atoms with Crippen molar-refractivity contribution in [3.05, 3.63) is 53.1 Å². The van der Waals surface area contributed by atoms with Crippen LogP contribution in [0.15, 0.2) is 41.3 Å². The summed E-state index contributed by atoms with van der Waals surface area (Å²) in [6.07, 6.45) is 1.82. The van der Waals surface area contributed by atoms with Gasteiger partial charge in [-0.25, -0.2) is 13.4 Å². The lowest BCUT2D eigenvalue weighted by Gasteiger charge is -2.26. The number of aryl methyl sites for hydroxylation is 2. The van der Waals surface area contributed by atoms with Crippen molar-refractivity contribution in [3.8, 4) is 0 Å². The molecule has 7 nitrogen and oxygen atoms in total. The summed E-state index contributed by atoms with van der Waals surface area (Å²) in [7, 11) is -3.67. The number of amides is 1. The van der Waals surface area contributed by atoms with E-state index >= 15 is 0 Å². The van der Waals surface area contributed by atoms with E-state index in [1.54, 1.807) is 33.5 Å². The Morgan fingerprint density at radius 2 is 1.66 bits per heavy atom. The highest BCUT2D eigenvalue weighted by molar-refractivity contribution is 7.89. The number of sulfonamides is 1. The third-order valence-electron chi connectivity index (χ3n) is 6.69. The number of hydrogen-bond donors (Lipinski definition) is 0. The molecule has 38 heavy (non-hydrogen) atoms. The van der Waals surface area contributed by atoms with E-state index in [4.69, 9.17) is 9.72 Å². The zero-order chi connectivity index (χ0) is 27.6. The molecule has 1 amide bonds. The first-order valence-electron chi connectivity index (χ1n) is 13.4. The second-order valence-electron chi connectivity index (χ2n) is 11.1. The fourth-order valence-electron chi connectivity index (χ4n) is 4.76. The molecular formula is C29H39N3O4S2. The maximum atomic E-state index is 13.8. The number of fused-ring (bicyclic) bond motifs is 1. The first-order valence-corrected chi connectivity index (χ1v) is 15.6. The number of anilines is 1. The summed E-state index contributed by atoms with van der Waals surface area (Å²) in [6, 6.07) is 10.5. The van der Waals surface area contributed by atoms with E-state index in [2.05, 4.69) is 19.1 Å². The molecule has 0 spiro atoms. The fraction of sp³-hybridized carbons (Fsp3) is 0.517. The number of nitrogens with zero attached hydrogens (tertiary/aromatic N) is 3. The molecule has 1 aliphatic heterocycles. The standard InChI is InChI=1S/C29H39N3O4S2/c1-19(2)16-31(17-20(3)4)38(34,35)25-13-11-23(12-14-25)28(33)32(18-24-8-7-15-36-24)29-30-26-21(5)9-10-22(6)27(26)37-29/h9-14,19-20,24H,7-8,15-18H2,1-6H3. The van der Waals surface area contributed by atoms with E-state index in [0.717, 1.165) is 34.2 Å². The van der Waals surface area contributed by atoms with Crippen LogP contribution >= 0.6 is 11.3 Å². The lowest BCUT2D eigenvalue weighted by atomic mass is 10.1. The van der Waals surface area contributed by atoms with Gasteiger partial charge in [-0.05, 0) is 73.9 Å². The summed E-state index contributed by atoms with van der Waals surface area (Å²) in [4.78, 5) is 20.6. The van der Waals surface area contributed by atoms with E-state index in [0.29, 0.717) is 36.9 Å². The second kappa shape index (κ2) is 11.8. The van der Waals surface area contributed by atoms with Gasteiger partial charge >= 0.3 is 0 Å². The number of carbonyl (C=O) groups is 1. The molecular weight excluding hydrogens is 518 g/mol. The Balaban J connectivity index is 1.66. The molecule has 1 atom stereocenters. The second-order valence-corrected chi connectivity index (χ2v) is 14.0. The summed E-state index contributed by atoms with van der Waals surface area (Å²) in [5.74, 6) is 0.202. The summed E-state index contributed by atoms with van der Waals surface area (Å²) >= 11 is 1.51. The Morgan fingerprint density at radius 3 is 2.21 bits per heavy atom. The molecule has 0 N–H and O–H groups in total. The number of thiazole rings is 1. The van der Waals surface area contributed by atoms with Crippen molar-refractivity contribution in [1.29, 1.82) is 0 Å². The van der Waals surface area contributed by atoms with Crippen LogP contribution in [0, 0.1) is 25.7 Å². The quantitative estimate of drug-likeness (QED) is 0.304. The minimum atomic E-state index is -3.67. The van der Waals surface area contributed by atoms with Crippen molar-refractivity contribution in [3.63, 3.8) is 0 Å². The zero-order valence-corrected chi connectivity index (χ0v) is 24.9. The molecule has 2 heterocycles. The first kappa shape index (κ1) is 28.7. The number of ether oxygens (including phenoxy) is 1. The predicted octanol–water partition coefficient (Wildman–Crippen LogP) is 6.04. The zero-order valence-electron chi connectivity index (χ0n) is 23.2. The number of carbonyl (C=O) groups excluding carboxylic acids is 1. The molecule has 0 bridgehead atoms. The SMILES string of the molecule is Cc1ccc(C)c2sc(N(CC3CCCO3)C(=O)c3ccc(S(=O)(=O)N(CC(C)C)CC(C)C)cc3)nc12. The summed E-state index contributed by atoms with van der Waals surface area (Å²) < 4.78 is 35.4. The van der Waals surface area contributed by atoms with Gasteiger partial charge in [-0.3, -0.25) is 9.69 Å². The van der Waals surface area contributed by atoms with Crippen LogP contribution in [-0.4, -0.2) is 56.0 Å². The van der Waals surface area contributed by atoms with Crippen LogP contribution in [0.4, 0.5) is 5.13 Å². The average molecular weight is 558 g/mol. The lowest BCUT2D eigenvalue weighted by Crippen LogP contribution is -2.38. The Bertz CT molecular complexity index is 1330. The molecule has 1 aromatic heterocycles. The Hall–Kier alpha value is -2.33. The molecule has 9 heteroatoms. The third kappa shape index (κ3) is 6.28. The van der Waals surface area contributed by atoms with Crippen LogP contribution in [0.1, 0.15) is 62.0 Å². The summed E-state index contributed by atoms with van der Waals surface area (Å²) in [5.41, 5.74) is 3.53. The van der Waals surface area contributed by atoms with Gasteiger partial charge in [-0.1, -0.05) is 51.2 Å². The van der Waals surface area contributed by atoms with Crippen molar-refractivity contribution in [2.24, 2.45) is 11.8 Å². The molecule has 0 aliphatic carbocycles. The van der Waals surface area contributed by atoms with E-state index in [1.165, 1.54) is 11.3 Å². The van der Waals surface area contributed by atoms with Crippen molar-refractivity contribution < 1.29 is 17.9 Å². The highest BCUT2D eigenvalue weighted by atomic mass is 32.2. The molecule has 2 aromatic carbocycles. The van der Waals surface area contributed by atoms with E-state index in [9.17, 15) is 13.2 Å². The highest BCUT2D eigenvalue weighted by Gasteiger charge is 2.29. The van der Waals surface area contributed by atoms with Crippen LogP contribution in [-0.2, 0) is 14.8 Å².